The zero-order chi connectivity index (χ0) is 48.2. The maximum Gasteiger partial charge on any atom is 0.255 e. The number of pyridine rings is 1. The highest BCUT2D eigenvalue weighted by molar-refractivity contribution is 7.90. The molecule has 4 fully saturated rings. The number of nitrogens with one attached hydrogen (secondary N) is 3. The van der Waals surface area contributed by atoms with E-state index >= 15 is 8.78 Å². The van der Waals surface area contributed by atoms with Gasteiger partial charge in [-0.15, -0.1) is 4.31 Å². The van der Waals surface area contributed by atoms with Crippen LogP contribution in [0.5, 0.6) is 0 Å². The normalized spacial score (nSPS) is 20.3. The number of piperazine rings is 2. The number of aromatic nitrogens is 4. The molecule has 8 heterocycles. The van der Waals surface area contributed by atoms with Gasteiger partial charge in [0.25, 0.3) is 5.91 Å². The van der Waals surface area contributed by atoms with Gasteiger partial charge in [0, 0.05) is 124 Å². The number of fused-ring (bicyclic) bond motifs is 2. The van der Waals surface area contributed by atoms with E-state index in [1.165, 1.54) is 10.5 Å². The lowest BCUT2D eigenvalue weighted by atomic mass is 9.99. The smallest absolute Gasteiger partial charge is 0.255 e. The molecule has 5 aliphatic rings. The Labute approximate surface area is 403 Å². The Bertz CT molecular complexity index is 3040. The number of amides is 3. The molecule has 6 aromatic rings. The van der Waals surface area contributed by atoms with Crippen molar-refractivity contribution in [2.45, 2.75) is 38.0 Å². The van der Waals surface area contributed by atoms with Gasteiger partial charge in [-0.3, -0.25) is 24.5 Å². The minimum atomic E-state index is -1.99. The molecule has 4 saturated heterocycles. The van der Waals surface area contributed by atoms with Gasteiger partial charge in [0.1, 0.15) is 47.3 Å². The second-order valence-corrected chi connectivity index (χ2v) is 19.3. The number of aromatic amines is 1. The fraction of sp³-hybridized carbons (Fsp3) is 0.327. The topological polar surface area (TPSA) is 189 Å². The lowest BCUT2D eigenvalue weighted by molar-refractivity contribution is -0.136. The summed E-state index contributed by atoms with van der Waals surface area (Å²) < 4.78 is 61.2. The van der Waals surface area contributed by atoms with Crippen LogP contribution < -0.4 is 29.6 Å². The van der Waals surface area contributed by atoms with E-state index in [1.54, 1.807) is 23.5 Å². The molecule has 5 aliphatic heterocycles. The number of carbonyl (C=O) groups excluding carboxylic acids is 4. The summed E-state index contributed by atoms with van der Waals surface area (Å²) in [5.74, 6) is -2.38. The molecule has 17 nitrogen and oxygen atoms in total. The summed E-state index contributed by atoms with van der Waals surface area (Å²) in [4.78, 5) is 78.6. The Hall–Kier alpha value is -7.23. The van der Waals surface area contributed by atoms with E-state index in [1.807, 2.05) is 48.5 Å². The molecule has 3 aromatic carbocycles. The van der Waals surface area contributed by atoms with Gasteiger partial charge in [-0.25, -0.2) is 28.1 Å². The molecule has 3 aromatic heterocycles. The molecule has 3 atom stereocenters. The van der Waals surface area contributed by atoms with Crippen LogP contribution in [0.4, 0.5) is 41.9 Å². The van der Waals surface area contributed by atoms with Gasteiger partial charge in [0.05, 0.1) is 12.1 Å². The zero-order valence-corrected chi connectivity index (χ0v) is 38.6. The van der Waals surface area contributed by atoms with E-state index in [-0.39, 0.29) is 49.0 Å². The monoisotopic (exact) mass is 972 g/mol. The van der Waals surface area contributed by atoms with E-state index in [4.69, 9.17) is 0 Å². The van der Waals surface area contributed by atoms with Crippen LogP contribution in [0.1, 0.15) is 51.1 Å². The summed E-state index contributed by atoms with van der Waals surface area (Å²) in [6, 6.07) is 19.0. The first kappa shape index (κ1) is 45.2. The van der Waals surface area contributed by atoms with Crippen LogP contribution in [0.2, 0.25) is 0 Å². The Balaban J connectivity index is 0.698. The summed E-state index contributed by atoms with van der Waals surface area (Å²) in [5, 5.41) is 2.74. The fourth-order valence-corrected chi connectivity index (χ4v) is 11.1. The van der Waals surface area contributed by atoms with Crippen LogP contribution in [0.3, 0.4) is 0 Å². The summed E-state index contributed by atoms with van der Waals surface area (Å²) in [7, 11) is 0. The molecule has 360 valence electrons. The number of anilines is 5. The number of alkyl halides is 1. The first-order chi connectivity index (χ1) is 33.9. The van der Waals surface area contributed by atoms with Gasteiger partial charge < -0.3 is 34.0 Å². The number of carbonyl (C=O) groups is 4. The van der Waals surface area contributed by atoms with E-state index in [0.29, 0.717) is 35.1 Å². The van der Waals surface area contributed by atoms with Gasteiger partial charge >= 0.3 is 0 Å². The zero-order valence-electron chi connectivity index (χ0n) is 37.7. The minimum absolute atomic E-state index is 0.0168. The number of halogens is 3. The van der Waals surface area contributed by atoms with Crippen molar-refractivity contribution in [3.05, 3.63) is 119 Å². The van der Waals surface area contributed by atoms with Crippen molar-refractivity contribution in [1.82, 2.24) is 34.5 Å². The number of piperidine rings is 1. The predicted molar refractivity (Wildman–Crippen MR) is 258 cm³/mol. The molecular weight excluding hydrogens is 926 g/mol. The molecule has 0 saturated carbocycles. The lowest BCUT2D eigenvalue weighted by Gasteiger charge is -2.38. The SMILES string of the molecule is O=C1CCC(N2Cc3cc(N4CCN(c5cc(N6CCN(c7ccc(-c8cnc9[nH]cc(C(=O)c%10c(F)ccc(N[S+]([O-])N%11CCC(F)C%11)c%10F)c9c8)cc7)CC6)ncn5)CC4)ccc3C2=O)C(=O)N1. The van der Waals surface area contributed by atoms with E-state index in [0.717, 1.165) is 98.6 Å². The number of H-pyrrole nitrogens is 1. The second kappa shape index (κ2) is 18.6. The molecule has 3 unspecified atom stereocenters. The summed E-state index contributed by atoms with van der Waals surface area (Å²) >= 11 is -1.99. The Morgan fingerprint density at radius 3 is 2.14 bits per heavy atom. The number of nitrogens with zero attached hydrogens (tertiary/aromatic N) is 9. The van der Waals surface area contributed by atoms with Crippen molar-refractivity contribution in [3.63, 3.8) is 0 Å². The standard InChI is InChI=1S/C49H47F3N12O5S/c50-32-11-12-63(27-32)70(69)58-39-8-7-38(51)44(45(39)52)46(66)37-25-54-47-36(37)22-30(24-53-47)29-1-3-33(4-2-29)59-13-17-61(18-14-59)41-23-42(56-28-55-41)62-19-15-60(16-20-62)34-5-6-35-31(21-34)26-64(49(35)68)40-9-10-43(65)57-48(40)67/h1-8,21-25,28,32,40,58H,9-20,26-27H2,(H,53,54)(H,57,65,67). The Morgan fingerprint density at radius 1 is 0.771 bits per heavy atom. The van der Waals surface area contributed by atoms with Crippen LogP contribution in [0, 0.1) is 11.6 Å². The molecular formula is C49H47F3N12O5S. The highest BCUT2D eigenvalue weighted by Gasteiger charge is 2.40. The van der Waals surface area contributed by atoms with Crippen molar-refractivity contribution in [3.8, 4) is 11.1 Å². The molecule has 0 radical (unpaired) electrons. The van der Waals surface area contributed by atoms with Gasteiger partial charge in [0.15, 0.2) is 17.4 Å². The number of hydrogen-bond donors (Lipinski definition) is 3. The largest absolute Gasteiger partial charge is 0.573 e. The second-order valence-electron chi connectivity index (χ2n) is 18.0. The van der Waals surface area contributed by atoms with Crippen LogP contribution in [-0.2, 0) is 27.7 Å². The lowest BCUT2D eigenvalue weighted by Crippen LogP contribution is -2.52. The predicted octanol–water partition coefficient (Wildman–Crippen LogP) is 4.98. The average Bonchev–Trinajstić information content (AvgIpc) is 4.11. The third-order valence-corrected chi connectivity index (χ3v) is 15.1. The van der Waals surface area contributed by atoms with Crippen molar-refractivity contribution < 1.29 is 36.9 Å². The van der Waals surface area contributed by atoms with E-state index in [2.05, 4.69) is 49.6 Å². The van der Waals surface area contributed by atoms with Crippen molar-refractivity contribution in [2.75, 3.05) is 89.8 Å². The van der Waals surface area contributed by atoms with Gasteiger partial charge in [-0.2, -0.15) is 4.72 Å². The minimum Gasteiger partial charge on any atom is -0.573 e. The maximum absolute atomic E-state index is 15.8. The fourth-order valence-electron chi connectivity index (χ4n) is 10.0. The molecule has 11 rings (SSSR count). The van der Waals surface area contributed by atoms with E-state index < -0.39 is 52.6 Å². The molecule has 0 bridgehead atoms. The van der Waals surface area contributed by atoms with Crippen LogP contribution >= 0.6 is 0 Å². The molecule has 3 amide bonds. The number of imide groups is 1. The van der Waals surface area contributed by atoms with Crippen LogP contribution in [-0.4, -0.2) is 135 Å². The van der Waals surface area contributed by atoms with E-state index in [9.17, 15) is 28.1 Å². The first-order valence-corrected chi connectivity index (χ1v) is 24.3. The maximum atomic E-state index is 15.8. The van der Waals surface area contributed by atoms with Gasteiger partial charge in [-0.05, 0) is 72.5 Å². The Kier molecular flexibility index (Phi) is 12.0. The Morgan fingerprint density at radius 2 is 1.46 bits per heavy atom. The number of rotatable bonds is 11. The molecule has 21 heteroatoms. The third-order valence-electron chi connectivity index (χ3n) is 13.9. The van der Waals surface area contributed by atoms with Crippen molar-refractivity contribution >= 4 is 74.8 Å². The quantitative estimate of drug-likeness (QED) is 0.0896. The number of benzene rings is 3. The summed E-state index contributed by atoms with van der Waals surface area (Å²) in [6.45, 7) is 6.46. The molecule has 70 heavy (non-hydrogen) atoms. The highest BCUT2D eigenvalue weighted by Crippen LogP contribution is 2.34. The van der Waals surface area contributed by atoms with Crippen molar-refractivity contribution in [2.24, 2.45) is 0 Å². The van der Waals surface area contributed by atoms with Gasteiger partial charge in [-0.1, -0.05) is 12.1 Å². The summed E-state index contributed by atoms with van der Waals surface area (Å²) in [5.41, 5.74) is 4.29. The van der Waals surface area contributed by atoms with Crippen molar-refractivity contribution in [1.29, 1.82) is 0 Å². The summed E-state index contributed by atoms with van der Waals surface area (Å²) in [6.07, 6.45) is 4.24. The van der Waals surface area contributed by atoms with Crippen LogP contribution in [0.25, 0.3) is 22.2 Å². The third kappa shape index (κ3) is 8.61. The van der Waals surface area contributed by atoms with Crippen LogP contribution in [0.15, 0.2) is 85.5 Å². The number of ketones is 1. The number of hydrogen-bond acceptors (Lipinski definition) is 14. The highest BCUT2D eigenvalue weighted by atomic mass is 32.2. The molecule has 0 spiro atoms. The average molecular weight is 973 g/mol. The first-order valence-electron chi connectivity index (χ1n) is 23.2. The van der Waals surface area contributed by atoms with Gasteiger partial charge in [0.2, 0.25) is 17.6 Å². The molecule has 3 N–H and O–H groups in total. The molecule has 0 aliphatic carbocycles.